The minimum absolute atomic E-state index is 0.684. The highest BCUT2D eigenvalue weighted by atomic mass is 16.5. The van der Waals surface area contributed by atoms with E-state index in [-0.39, 0.29) is 0 Å². The third-order valence-electron chi connectivity index (χ3n) is 3.34. The molecular formula is C14H21NO. The molecule has 0 spiro atoms. The molecule has 2 nitrogen and oxygen atoms in total. The van der Waals surface area contributed by atoms with Crippen LogP contribution < -0.4 is 10.5 Å². The Labute approximate surface area is 97.8 Å². The first-order chi connectivity index (χ1) is 7.90. The molecule has 1 aliphatic rings. The van der Waals surface area contributed by atoms with Crippen LogP contribution >= 0.6 is 0 Å². The van der Waals surface area contributed by atoms with Gasteiger partial charge >= 0.3 is 0 Å². The summed E-state index contributed by atoms with van der Waals surface area (Å²) in [7, 11) is 0. The van der Waals surface area contributed by atoms with E-state index in [2.05, 4.69) is 12.1 Å². The van der Waals surface area contributed by atoms with E-state index in [1.807, 2.05) is 12.1 Å². The quantitative estimate of drug-likeness (QED) is 0.826. The molecule has 2 N–H and O–H groups in total. The number of hydrogen-bond acceptors (Lipinski definition) is 2. The molecule has 1 fully saturated rings. The summed E-state index contributed by atoms with van der Waals surface area (Å²) in [4.78, 5) is 0. The lowest BCUT2D eigenvalue weighted by molar-refractivity contribution is 0.250. The Balaban J connectivity index is 1.91. The number of nitrogens with two attached hydrogens (primary N) is 1. The second kappa shape index (κ2) is 5.90. The lowest BCUT2D eigenvalue weighted by atomic mass is 10.1. The summed E-state index contributed by atoms with van der Waals surface area (Å²) in [5.41, 5.74) is 6.83. The van der Waals surface area contributed by atoms with Crippen molar-refractivity contribution in [1.29, 1.82) is 0 Å². The third-order valence-corrected chi connectivity index (χ3v) is 3.34. The van der Waals surface area contributed by atoms with Crippen LogP contribution in [0.3, 0.4) is 0 Å². The summed E-state index contributed by atoms with van der Waals surface area (Å²) in [6, 6.07) is 8.24. The lowest BCUT2D eigenvalue weighted by Crippen LogP contribution is -2.10. The first kappa shape index (κ1) is 11.5. The summed E-state index contributed by atoms with van der Waals surface area (Å²) in [6.45, 7) is 1.56. The van der Waals surface area contributed by atoms with Crippen molar-refractivity contribution in [2.24, 2.45) is 11.7 Å². The first-order valence-electron chi connectivity index (χ1n) is 6.31. The molecule has 0 saturated heterocycles. The van der Waals surface area contributed by atoms with Crippen LogP contribution in [0.2, 0.25) is 0 Å². The molecule has 0 amide bonds. The molecular weight excluding hydrogens is 198 g/mol. The van der Waals surface area contributed by atoms with Crippen LogP contribution in [0.5, 0.6) is 5.75 Å². The van der Waals surface area contributed by atoms with Crippen molar-refractivity contribution in [3.05, 3.63) is 29.8 Å². The molecule has 1 aromatic rings. The van der Waals surface area contributed by atoms with E-state index in [9.17, 15) is 0 Å². The van der Waals surface area contributed by atoms with Gasteiger partial charge in [0.15, 0.2) is 0 Å². The molecule has 0 aromatic heterocycles. The van der Waals surface area contributed by atoms with Crippen molar-refractivity contribution in [2.45, 2.75) is 32.1 Å². The number of ether oxygens (including phenoxy) is 1. The molecule has 16 heavy (non-hydrogen) atoms. The smallest absolute Gasteiger partial charge is 0.122 e. The van der Waals surface area contributed by atoms with Gasteiger partial charge in [0, 0.05) is 0 Å². The second-order valence-corrected chi connectivity index (χ2v) is 4.61. The van der Waals surface area contributed by atoms with E-state index in [1.54, 1.807) is 0 Å². The fourth-order valence-electron chi connectivity index (χ4n) is 2.39. The summed E-state index contributed by atoms with van der Waals surface area (Å²) < 4.78 is 5.92. The standard InChI is InChI=1S/C14H21NO/c15-10-9-13-7-3-4-8-14(13)16-11-12-5-1-2-6-12/h3-4,7-8,12H,1-2,5-6,9-11,15H2. The van der Waals surface area contributed by atoms with Gasteiger partial charge in [-0.05, 0) is 43.4 Å². The number of para-hydroxylation sites is 1. The number of benzene rings is 1. The average Bonchev–Trinajstić information content (AvgIpc) is 2.81. The molecule has 88 valence electrons. The molecule has 1 saturated carbocycles. The Hall–Kier alpha value is -1.02. The predicted octanol–water partition coefficient (Wildman–Crippen LogP) is 2.76. The van der Waals surface area contributed by atoms with Gasteiger partial charge in [0.25, 0.3) is 0 Å². The first-order valence-corrected chi connectivity index (χ1v) is 6.31. The highest BCUT2D eigenvalue weighted by Crippen LogP contribution is 2.26. The lowest BCUT2D eigenvalue weighted by Gasteiger charge is -2.14. The Kier molecular flexibility index (Phi) is 4.23. The number of rotatable bonds is 5. The Bertz CT molecular complexity index is 318. The molecule has 0 aliphatic heterocycles. The van der Waals surface area contributed by atoms with Crippen LogP contribution in [0.25, 0.3) is 0 Å². The molecule has 1 aliphatic carbocycles. The fraction of sp³-hybridized carbons (Fsp3) is 0.571. The fourth-order valence-corrected chi connectivity index (χ4v) is 2.39. The largest absolute Gasteiger partial charge is 0.493 e. The van der Waals surface area contributed by atoms with Gasteiger partial charge in [0.1, 0.15) is 5.75 Å². The van der Waals surface area contributed by atoms with E-state index >= 15 is 0 Å². The van der Waals surface area contributed by atoms with Gasteiger partial charge in [-0.3, -0.25) is 0 Å². The van der Waals surface area contributed by atoms with Crippen LogP contribution in [0, 0.1) is 5.92 Å². The van der Waals surface area contributed by atoms with Gasteiger partial charge in [0.05, 0.1) is 6.61 Å². The highest BCUT2D eigenvalue weighted by molar-refractivity contribution is 5.33. The normalized spacial score (nSPS) is 16.6. The maximum atomic E-state index is 5.92. The molecule has 0 bridgehead atoms. The van der Waals surface area contributed by atoms with Crippen LogP contribution in [0.15, 0.2) is 24.3 Å². The van der Waals surface area contributed by atoms with E-state index in [1.165, 1.54) is 31.2 Å². The monoisotopic (exact) mass is 219 g/mol. The topological polar surface area (TPSA) is 35.2 Å². The SMILES string of the molecule is NCCc1ccccc1OCC1CCCC1. The van der Waals surface area contributed by atoms with Crippen molar-refractivity contribution < 1.29 is 4.74 Å². The zero-order valence-electron chi connectivity index (χ0n) is 9.82. The second-order valence-electron chi connectivity index (χ2n) is 4.61. The maximum Gasteiger partial charge on any atom is 0.122 e. The summed E-state index contributed by atoms with van der Waals surface area (Å²) in [5.74, 6) is 1.80. The molecule has 2 heteroatoms. The summed E-state index contributed by atoms with van der Waals surface area (Å²) >= 11 is 0. The van der Waals surface area contributed by atoms with Gasteiger partial charge in [-0.15, -0.1) is 0 Å². The van der Waals surface area contributed by atoms with Crippen molar-refractivity contribution in [3.63, 3.8) is 0 Å². The van der Waals surface area contributed by atoms with Crippen molar-refractivity contribution in [3.8, 4) is 5.75 Å². The zero-order valence-corrected chi connectivity index (χ0v) is 9.82. The number of hydrogen-bond donors (Lipinski definition) is 1. The van der Waals surface area contributed by atoms with Crippen LogP contribution in [-0.2, 0) is 6.42 Å². The molecule has 2 rings (SSSR count). The van der Waals surface area contributed by atoms with Crippen LogP contribution in [0.1, 0.15) is 31.2 Å². The predicted molar refractivity (Wildman–Crippen MR) is 66.7 cm³/mol. The molecule has 0 radical (unpaired) electrons. The van der Waals surface area contributed by atoms with Gasteiger partial charge in [-0.2, -0.15) is 0 Å². The Morgan fingerprint density at radius 1 is 1.19 bits per heavy atom. The zero-order chi connectivity index (χ0) is 11.2. The van der Waals surface area contributed by atoms with Gasteiger partial charge in [-0.25, -0.2) is 0 Å². The summed E-state index contributed by atoms with van der Waals surface area (Å²) in [6.07, 6.45) is 6.32. The van der Waals surface area contributed by atoms with Crippen LogP contribution in [-0.4, -0.2) is 13.2 Å². The van der Waals surface area contributed by atoms with Gasteiger partial charge < -0.3 is 10.5 Å². The summed E-state index contributed by atoms with van der Waals surface area (Å²) in [5, 5.41) is 0. The average molecular weight is 219 g/mol. The third kappa shape index (κ3) is 2.99. The van der Waals surface area contributed by atoms with Crippen LogP contribution in [0.4, 0.5) is 0 Å². The van der Waals surface area contributed by atoms with Crippen molar-refractivity contribution in [1.82, 2.24) is 0 Å². The van der Waals surface area contributed by atoms with Crippen molar-refractivity contribution in [2.75, 3.05) is 13.2 Å². The minimum atomic E-state index is 0.684. The molecule has 1 aromatic carbocycles. The van der Waals surface area contributed by atoms with Gasteiger partial charge in [0.2, 0.25) is 0 Å². The Morgan fingerprint density at radius 2 is 1.94 bits per heavy atom. The molecule has 0 atom stereocenters. The highest BCUT2D eigenvalue weighted by Gasteiger charge is 2.15. The van der Waals surface area contributed by atoms with Crippen molar-refractivity contribution >= 4 is 0 Å². The molecule has 0 unspecified atom stereocenters. The van der Waals surface area contributed by atoms with E-state index in [0.717, 1.165) is 24.7 Å². The van der Waals surface area contributed by atoms with Gasteiger partial charge in [-0.1, -0.05) is 31.0 Å². The van der Waals surface area contributed by atoms with E-state index < -0.39 is 0 Å². The Morgan fingerprint density at radius 3 is 2.69 bits per heavy atom. The van der Waals surface area contributed by atoms with E-state index in [0.29, 0.717) is 6.54 Å². The molecule has 0 heterocycles. The minimum Gasteiger partial charge on any atom is -0.493 e. The maximum absolute atomic E-state index is 5.92. The van der Waals surface area contributed by atoms with E-state index in [4.69, 9.17) is 10.5 Å².